The van der Waals surface area contributed by atoms with Gasteiger partial charge in [0.05, 0.1) is 25.2 Å². The van der Waals surface area contributed by atoms with E-state index in [0.717, 1.165) is 0 Å². The van der Waals surface area contributed by atoms with Crippen molar-refractivity contribution in [3.63, 3.8) is 0 Å². The molecule has 1 aromatic heterocycles. The lowest BCUT2D eigenvalue weighted by atomic mass is 10.1. The number of benzene rings is 1. The lowest BCUT2D eigenvalue weighted by Crippen LogP contribution is -2.46. The van der Waals surface area contributed by atoms with Crippen LogP contribution in [0.2, 0.25) is 0 Å². The largest absolute Gasteiger partial charge is 0.497 e. The molecule has 0 unspecified atom stereocenters. The molecule has 168 valence electrons. The molecule has 0 bridgehead atoms. The fourth-order valence-electron chi connectivity index (χ4n) is 3.30. The van der Waals surface area contributed by atoms with Gasteiger partial charge >= 0.3 is 0 Å². The summed E-state index contributed by atoms with van der Waals surface area (Å²) in [5.41, 5.74) is -0.186. The SMILES string of the molecule is COCCn1nc(C(=O)NC2CCN(S(=O)(=O)c3ccc(OC)cc3)CC2)ccc1=O. The quantitative estimate of drug-likeness (QED) is 0.621. The lowest BCUT2D eigenvalue weighted by molar-refractivity contribution is 0.0915. The summed E-state index contributed by atoms with van der Waals surface area (Å²) in [7, 11) is -0.571. The third-order valence-corrected chi connectivity index (χ3v) is 7.01. The van der Waals surface area contributed by atoms with E-state index in [2.05, 4.69) is 10.4 Å². The number of amides is 1. The van der Waals surface area contributed by atoms with Gasteiger partial charge in [-0.3, -0.25) is 9.59 Å². The zero-order chi connectivity index (χ0) is 22.4. The van der Waals surface area contributed by atoms with Gasteiger partial charge in [0.2, 0.25) is 10.0 Å². The van der Waals surface area contributed by atoms with Gasteiger partial charge in [-0.1, -0.05) is 0 Å². The van der Waals surface area contributed by atoms with Gasteiger partial charge in [-0.25, -0.2) is 13.1 Å². The highest BCUT2D eigenvalue weighted by Gasteiger charge is 2.30. The number of rotatable bonds is 8. The maximum Gasteiger partial charge on any atom is 0.271 e. The van der Waals surface area contributed by atoms with Crippen LogP contribution in [0.3, 0.4) is 0 Å². The summed E-state index contributed by atoms with van der Waals surface area (Å²) in [5.74, 6) is 0.185. The van der Waals surface area contributed by atoms with Crippen molar-refractivity contribution in [3.05, 3.63) is 52.4 Å². The minimum atomic E-state index is -3.61. The van der Waals surface area contributed by atoms with Gasteiger partial charge in [-0.05, 0) is 43.2 Å². The lowest BCUT2D eigenvalue weighted by Gasteiger charge is -2.31. The highest BCUT2D eigenvalue weighted by molar-refractivity contribution is 7.89. The number of ether oxygens (including phenoxy) is 2. The highest BCUT2D eigenvalue weighted by Crippen LogP contribution is 2.23. The number of methoxy groups -OCH3 is 2. The smallest absolute Gasteiger partial charge is 0.271 e. The third kappa shape index (κ3) is 5.49. The van der Waals surface area contributed by atoms with E-state index in [0.29, 0.717) is 38.3 Å². The average Bonchev–Trinajstić information content (AvgIpc) is 2.79. The molecule has 1 aliphatic rings. The monoisotopic (exact) mass is 450 g/mol. The molecule has 1 saturated heterocycles. The van der Waals surface area contributed by atoms with Crippen LogP contribution in [0.1, 0.15) is 23.3 Å². The Morgan fingerprint density at radius 1 is 1.13 bits per heavy atom. The van der Waals surface area contributed by atoms with Gasteiger partial charge in [0.15, 0.2) is 0 Å². The second kappa shape index (κ2) is 10.0. The molecular weight excluding hydrogens is 424 g/mol. The second-order valence-electron chi connectivity index (χ2n) is 7.10. The number of hydrogen-bond acceptors (Lipinski definition) is 7. The molecule has 1 N–H and O–H groups in total. The first-order valence-electron chi connectivity index (χ1n) is 9.87. The second-order valence-corrected chi connectivity index (χ2v) is 9.04. The van der Waals surface area contributed by atoms with Crippen LogP contribution in [0.5, 0.6) is 5.75 Å². The van der Waals surface area contributed by atoms with Crippen molar-refractivity contribution in [1.82, 2.24) is 19.4 Å². The molecule has 1 fully saturated rings. The molecule has 31 heavy (non-hydrogen) atoms. The Morgan fingerprint density at radius 2 is 1.81 bits per heavy atom. The summed E-state index contributed by atoms with van der Waals surface area (Å²) < 4.78 is 38.3. The number of nitrogens with one attached hydrogen (secondary N) is 1. The number of carbonyl (C=O) groups excluding carboxylic acids is 1. The zero-order valence-electron chi connectivity index (χ0n) is 17.5. The number of aromatic nitrogens is 2. The number of piperidine rings is 1. The Kier molecular flexibility index (Phi) is 7.42. The number of nitrogens with zero attached hydrogens (tertiary/aromatic N) is 3. The van der Waals surface area contributed by atoms with Crippen LogP contribution >= 0.6 is 0 Å². The molecule has 1 aliphatic heterocycles. The van der Waals surface area contributed by atoms with E-state index in [1.807, 2.05) is 0 Å². The van der Waals surface area contributed by atoms with E-state index in [9.17, 15) is 18.0 Å². The Balaban J connectivity index is 1.59. The van der Waals surface area contributed by atoms with E-state index < -0.39 is 15.9 Å². The number of sulfonamides is 1. The first-order chi connectivity index (χ1) is 14.8. The topological polar surface area (TPSA) is 120 Å². The van der Waals surface area contributed by atoms with Crippen molar-refractivity contribution in [1.29, 1.82) is 0 Å². The minimum absolute atomic E-state index is 0.129. The summed E-state index contributed by atoms with van der Waals surface area (Å²) in [6, 6.07) is 8.75. The fraction of sp³-hybridized carbons (Fsp3) is 0.450. The van der Waals surface area contributed by atoms with Gasteiger partial charge in [0.25, 0.3) is 11.5 Å². The van der Waals surface area contributed by atoms with Crippen LogP contribution in [-0.2, 0) is 21.3 Å². The highest BCUT2D eigenvalue weighted by atomic mass is 32.2. The predicted octanol–water partition coefficient (Wildman–Crippen LogP) is 0.481. The van der Waals surface area contributed by atoms with Gasteiger partial charge in [-0.15, -0.1) is 0 Å². The van der Waals surface area contributed by atoms with Gasteiger partial charge in [-0.2, -0.15) is 9.40 Å². The molecule has 0 aliphatic carbocycles. The summed E-state index contributed by atoms with van der Waals surface area (Å²) in [5, 5.41) is 6.96. The van der Waals surface area contributed by atoms with Crippen molar-refractivity contribution in [2.45, 2.75) is 30.3 Å². The van der Waals surface area contributed by atoms with Crippen LogP contribution in [0.4, 0.5) is 0 Å². The molecule has 0 radical (unpaired) electrons. The summed E-state index contributed by atoms with van der Waals surface area (Å²) >= 11 is 0. The van der Waals surface area contributed by atoms with Crippen molar-refractivity contribution in [2.24, 2.45) is 0 Å². The molecule has 0 spiro atoms. The molecule has 11 heteroatoms. The Morgan fingerprint density at radius 3 is 2.42 bits per heavy atom. The van der Waals surface area contributed by atoms with Crippen molar-refractivity contribution in [2.75, 3.05) is 33.9 Å². The van der Waals surface area contributed by atoms with E-state index >= 15 is 0 Å². The molecular formula is C20H26N4O6S. The van der Waals surface area contributed by atoms with Gasteiger partial charge < -0.3 is 14.8 Å². The fourth-order valence-corrected chi connectivity index (χ4v) is 4.77. The Labute approximate surface area is 180 Å². The normalized spacial score (nSPS) is 15.5. The van der Waals surface area contributed by atoms with Crippen molar-refractivity contribution in [3.8, 4) is 5.75 Å². The number of carbonyl (C=O) groups is 1. The van der Waals surface area contributed by atoms with Gasteiger partial charge in [0, 0.05) is 32.3 Å². The molecule has 2 aromatic rings. The molecule has 0 saturated carbocycles. The Hall–Kier alpha value is -2.76. The molecule has 0 atom stereocenters. The van der Waals surface area contributed by atoms with Crippen LogP contribution in [0.15, 0.2) is 46.1 Å². The van der Waals surface area contributed by atoms with E-state index in [-0.39, 0.29) is 28.7 Å². The molecule has 10 nitrogen and oxygen atoms in total. The van der Waals surface area contributed by atoms with E-state index in [4.69, 9.17) is 9.47 Å². The van der Waals surface area contributed by atoms with Crippen LogP contribution in [0, 0.1) is 0 Å². The van der Waals surface area contributed by atoms with Crippen molar-refractivity contribution >= 4 is 15.9 Å². The zero-order valence-corrected chi connectivity index (χ0v) is 18.3. The Bertz CT molecular complexity index is 1060. The molecule has 1 amide bonds. The maximum absolute atomic E-state index is 12.8. The standard InChI is InChI=1S/C20H26N4O6S/c1-29-14-13-24-19(25)8-7-18(22-24)20(26)21-15-9-11-23(12-10-15)31(27,28)17-5-3-16(30-2)4-6-17/h3-8,15H,9-14H2,1-2H3,(H,21,26). The number of hydrogen-bond donors (Lipinski definition) is 1. The molecule has 3 rings (SSSR count). The van der Waals surface area contributed by atoms with Crippen LogP contribution in [-0.4, -0.2) is 68.4 Å². The minimum Gasteiger partial charge on any atom is -0.497 e. The summed E-state index contributed by atoms with van der Waals surface area (Å²) in [6.07, 6.45) is 0.953. The maximum atomic E-state index is 12.8. The van der Waals surface area contributed by atoms with Crippen molar-refractivity contribution < 1.29 is 22.7 Å². The predicted molar refractivity (Wildman–Crippen MR) is 113 cm³/mol. The summed E-state index contributed by atoms with van der Waals surface area (Å²) in [6.45, 7) is 1.14. The van der Waals surface area contributed by atoms with E-state index in [1.165, 1.54) is 47.5 Å². The first-order valence-corrected chi connectivity index (χ1v) is 11.3. The average molecular weight is 451 g/mol. The van der Waals surface area contributed by atoms with Crippen LogP contribution in [0.25, 0.3) is 0 Å². The van der Waals surface area contributed by atoms with E-state index in [1.54, 1.807) is 12.1 Å². The first kappa shape index (κ1) is 22.9. The summed E-state index contributed by atoms with van der Waals surface area (Å²) in [4.78, 5) is 24.6. The third-order valence-electron chi connectivity index (χ3n) is 5.09. The van der Waals surface area contributed by atoms with Crippen LogP contribution < -0.4 is 15.6 Å². The molecule has 2 heterocycles. The van der Waals surface area contributed by atoms with Gasteiger partial charge in [0.1, 0.15) is 11.4 Å². The molecule has 1 aromatic carbocycles.